The van der Waals surface area contributed by atoms with E-state index in [1.54, 1.807) is 17.2 Å². The molecule has 28 heavy (non-hydrogen) atoms. The SMILES string of the molecule is COc1nccc(OC2CCCN(C(=O)NCc3ccc4c(c3)OCO4)C2)n1. The number of hydrogen-bond donors (Lipinski definition) is 1. The summed E-state index contributed by atoms with van der Waals surface area (Å²) in [5.74, 6) is 1.88. The molecule has 9 heteroatoms. The lowest BCUT2D eigenvalue weighted by Crippen LogP contribution is -2.48. The standard InChI is InChI=1S/C19H22N4O5/c1-25-18-20-7-6-17(22-18)28-14-3-2-8-23(11-14)19(24)21-10-13-4-5-15-16(9-13)27-12-26-15/h4-7,9,14H,2-3,8,10-12H2,1H3,(H,21,24). The van der Waals surface area contributed by atoms with Gasteiger partial charge in [-0.25, -0.2) is 9.78 Å². The Morgan fingerprint density at radius 1 is 1.32 bits per heavy atom. The number of benzene rings is 1. The minimum Gasteiger partial charge on any atom is -0.472 e. The van der Waals surface area contributed by atoms with Crippen LogP contribution in [-0.2, 0) is 6.54 Å². The van der Waals surface area contributed by atoms with Crippen molar-refractivity contribution >= 4 is 6.03 Å². The molecule has 1 unspecified atom stereocenters. The van der Waals surface area contributed by atoms with Gasteiger partial charge in [0, 0.05) is 25.4 Å². The zero-order valence-electron chi connectivity index (χ0n) is 15.6. The minimum atomic E-state index is -0.121. The largest absolute Gasteiger partial charge is 0.472 e. The number of methoxy groups -OCH3 is 1. The lowest BCUT2D eigenvalue weighted by molar-refractivity contribution is 0.0969. The number of aromatic nitrogens is 2. The number of nitrogens with one attached hydrogen (secondary N) is 1. The summed E-state index contributed by atoms with van der Waals surface area (Å²) in [5.41, 5.74) is 0.954. The number of carbonyl (C=O) groups excluding carboxylic acids is 1. The van der Waals surface area contributed by atoms with Crippen LogP contribution in [0, 0.1) is 0 Å². The molecule has 2 aliphatic rings. The van der Waals surface area contributed by atoms with E-state index in [0.29, 0.717) is 31.3 Å². The van der Waals surface area contributed by atoms with Gasteiger partial charge in [-0.15, -0.1) is 0 Å². The molecule has 2 amide bonds. The van der Waals surface area contributed by atoms with Crippen LogP contribution in [0.15, 0.2) is 30.5 Å². The van der Waals surface area contributed by atoms with Gasteiger partial charge >= 0.3 is 12.0 Å². The van der Waals surface area contributed by atoms with E-state index in [0.717, 1.165) is 24.2 Å². The van der Waals surface area contributed by atoms with Crippen LogP contribution >= 0.6 is 0 Å². The molecule has 1 saturated heterocycles. The van der Waals surface area contributed by atoms with Crippen molar-refractivity contribution in [1.82, 2.24) is 20.2 Å². The quantitative estimate of drug-likeness (QED) is 0.839. The molecule has 1 aromatic carbocycles. The first-order valence-electron chi connectivity index (χ1n) is 9.16. The Morgan fingerprint density at radius 2 is 2.21 bits per heavy atom. The Bertz CT molecular complexity index is 847. The second-order valence-corrected chi connectivity index (χ2v) is 6.56. The highest BCUT2D eigenvalue weighted by Gasteiger charge is 2.25. The zero-order valence-corrected chi connectivity index (χ0v) is 15.6. The van der Waals surface area contributed by atoms with Gasteiger partial charge in [-0.1, -0.05) is 6.07 Å². The van der Waals surface area contributed by atoms with Gasteiger partial charge in [0.25, 0.3) is 0 Å². The Labute approximate surface area is 162 Å². The molecule has 1 fully saturated rings. The van der Waals surface area contributed by atoms with E-state index in [-0.39, 0.29) is 24.9 Å². The highest BCUT2D eigenvalue weighted by atomic mass is 16.7. The molecule has 1 atom stereocenters. The van der Waals surface area contributed by atoms with E-state index in [1.807, 2.05) is 18.2 Å². The molecule has 0 radical (unpaired) electrons. The number of urea groups is 1. The second-order valence-electron chi connectivity index (χ2n) is 6.56. The molecule has 3 heterocycles. The summed E-state index contributed by atoms with van der Waals surface area (Å²) in [6.07, 6.45) is 3.19. The van der Waals surface area contributed by atoms with Gasteiger partial charge in [0.05, 0.1) is 13.7 Å². The van der Waals surface area contributed by atoms with Crippen LogP contribution in [0.2, 0.25) is 0 Å². The monoisotopic (exact) mass is 386 g/mol. The van der Waals surface area contributed by atoms with Gasteiger partial charge in [0.2, 0.25) is 12.7 Å². The summed E-state index contributed by atoms with van der Waals surface area (Å²) in [6.45, 7) is 1.85. The molecule has 9 nitrogen and oxygen atoms in total. The van der Waals surface area contributed by atoms with Crippen LogP contribution < -0.4 is 24.3 Å². The van der Waals surface area contributed by atoms with Crippen LogP contribution in [0.4, 0.5) is 4.79 Å². The maximum atomic E-state index is 12.6. The molecule has 4 rings (SSSR count). The average molecular weight is 386 g/mol. The number of ether oxygens (including phenoxy) is 4. The number of rotatable bonds is 5. The fraction of sp³-hybridized carbons (Fsp3) is 0.421. The van der Waals surface area contributed by atoms with E-state index in [2.05, 4.69) is 15.3 Å². The molecule has 1 N–H and O–H groups in total. The summed E-state index contributed by atoms with van der Waals surface area (Å²) >= 11 is 0. The number of fused-ring (bicyclic) bond motifs is 1. The van der Waals surface area contributed by atoms with Crippen molar-refractivity contribution in [2.24, 2.45) is 0 Å². The predicted octanol–water partition coefficient (Wildman–Crippen LogP) is 1.97. The maximum Gasteiger partial charge on any atom is 0.319 e. The fourth-order valence-electron chi connectivity index (χ4n) is 3.22. The second kappa shape index (κ2) is 8.20. The van der Waals surface area contributed by atoms with Gasteiger partial charge in [0.1, 0.15) is 6.10 Å². The number of hydrogen-bond acceptors (Lipinski definition) is 7. The average Bonchev–Trinajstić information content (AvgIpc) is 3.20. The summed E-state index contributed by atoms with van der Waals surface area (Å²) in [6, 6.07) is 7.47. The van der Waals surface area contributed by atoms with E-state index in [1.165, 1.54) is 7.11 Å². The van der Waals surface area contributed by atoms with Gasteiger partial charge < -0.3 is 29.2 Å². The molecule has 0 spiro atoms. The normalized spacial score (nSPS) is 17.9. The van der Waals surface area contributed by atoms with E-state index in [9.17, 15) is 4.79 Å². The number of likely N-dealkylation sites (tertiary alicyclic amines) is 1. The minimum absolute atomic E-state index is 0.119. The van der Waals surface area contributed by atoms with Crippen molar-refractivity contribution in [3.8, 4) is 23.4 Å². The fourth-order valence-corrected chi connectivity index (χ4v) is 3.22. The Hall–Kier alpha value is -3.23. The first-order chi connectivity index (χ1) is 13.7. The molecule has 2 aliphatic heterocycles. The van der Waals surface area contributed by atoms with Crippen LogP contribution in [0.25, 0.3) is 0 Å². The lowest BCUT2D eigenvalue weighted by Gasteiger charge is -2.32. The number of piperidine rings is 1. The first kappa shape index (κ1) is 18.1. The highest BCUT2D eigenvalue weighted by Crippen LogP contribution is 2.32. The summed E-state index contributed by atoms with van der Waals surface area (Å²) < 4.78 is 21.6. The third-order valence-electron chi connectivity index (χ3n) is 4.62. The third kappa shape index (κ3) is 4.19. The number of carbonyl (C=O) groups is 1. The predicted molar refractivity (Wildman–Crippen MR) is 98.6 cm³/mol. The Balaban J connectivity index is 1.30. The van der Waals surface area contributed by atoms with Crippen LogP contribution in [0.3, 0.4) is 0 Å². The molecule has 0 bridgehead atoms. The smallest absolute Gasteiger partial charge is 0.319 e. The number of nitrogens with zero attached hydrogens (tertiary/aromatic N) is 3. The van der Waals surface area contributed by atoms with Gasteiger partial charge in [-0.2, -0.15) is 4.98 Å². The zero-order chi connectivity index (χ0) is 19.3. The summed E-state index contributed by atoms with van der Waals surface area (Å²) in [7, 11) is 1.51. The molecular formula is C19H22N4O5. The van der Waals surface area contributed by atoms with E-state index >= 15 is 0 Å². The van der Waals surface area contributed by atoms with Crippen LogP contribution in [0.1, 0.15) is 18.4 Å². The van der Waals surface area contributed by atoms with Crippen molar-refractivity contribution < 1.29 is 23.7 Å². The third-order valence-corrected chi connectivity index (χ3v) is 4.62. The van der Waals surface area contributed by atoms with Crippen molar-refractivity contribution in [2.75, 3.05) is 27.0 Å². The van der Waals surface area contributed by atoms with Crippen molar-refractivity contribution in [3.05, 3.63) is 36.0 Å². The topological polar surface area (TPSA) is 95.0 Å². The van der Waals surface area contributed by atoms with Crippen molar-refractivity contribution in [2.45, 2.75) is 25.5 Å². The highest BCUT2D eigenvalue weighted by molar-refractivity contribution is 5.74. The molecule has 0 aliphatic carbocycles. The van der Waals surface area contributed by atoms with E-state index in [4.69, 9.17) is 18.9 Å². The van der Waals surface area contributed by atoms with Gasteiger partial charge in [-0.3, -0.25) is 0 Å². The molecule has 0 saturated carbocycles. The van der Waals surface area contributed by atoms with Crippen molar-refractivity contribution in [3.63, 3.8) is 0 Å². The molecule has 148 valence electrons. The molecule has 1 aromatic heterocycles. The summed E-state index contributed by atoms with van der Waals surface area (Å²) in [5, 5.41) is 2.95. The molecular weight excluding hydrogens is 364 g/mol. The van der Waals surface area contributed by atoms with E-state index < -0.39 is 0 Å². The Morgan fingerprint density at radius 3 is 3.11 bits per heavy atom. The Kier molecular flexibility index (Phi) is 5.31. The number of amides is 2. The van der Waals surface area contributed by atoms with Crippen LogP contribution in [0.5, 0.6) is 23.4 Å². The summed E-state index contributed by atoms with van der Waals surface area (Å²) in [4.78, 5) is 22.5. The van der Waals surface area contributed by atoms with Crippen molar-refractivity contribution in [1.29, 1.82) is 0 Å². The lowest BCUT2D eigenvalue weighted by atomic mass is 10.1. The van der Waals surface area contributed by atoms with Gasteiger partial charge in [0.15, 0.2) is 11.5 Å². The van der Waals surface area contributed by atoms with Gasteiger partial charge in [-0.05, 0) is 30.5 Å². The van der Waals surface area contributed by atoms with Crippen LogP contribution in [-0.4, -0.2) is 54.0 Å². The maximum absolute atomic E-state index is 12.6. The molecule has 2 aromatic rings. The first-order valence-corrected chi connectivity index (χ1v) is 9.16.